The molecule has 26 heavy (non-hydrogen) atoms. The number of fused-ring (bicyclic) bond motifs is 1. The highest BCUT2D eigenvalue weighted by atomic mass is 19.1. The summed E-state index contributed by atoms with van der Waals surface area (Å²) in [4.78, 5) is 16.9. The van der Waals surface area contributed by atoms with Crippen LogP contribution in [-0.2, 0) is 18.3 Å². The Morgan fingerprint density at radius 2 is 2.08 bits per heavy atom. The van der Waals surface area contributed by atoms with Gasteiger partial charge in [-0.15, -0.1) is 0 Å². The van der Waals surface area contributed by atoms with Crippen LogP contribution in [0.15, 0.2) is 35.3 Å². The maximum Gasteiger partial charge on any atom is 0.330 e. The van der Waals surface area contributed by atoms with Crippen LogP contribution in [-0.4, -0.2) is 39.0 Å². The van der Waals surface area contributed by atoms with Crippen molar-refractivity contribution >= 4 is 11.2 Å². The SMILES string of the molecule is COCC[C@@H](O)Cn1c(=O)n(C)c2ncc(-c3ccc(F)c(C)c3)cc21. The number of aryl methyl sites for hydroxylation is 2. The van der Waals surface area contributed by atoms with E-state index in [2.05, 4.69) is 4.98 Å². The standard InChI is InChI=1S/C19H22FN3O3/c1-12-8-13(4-5-16(12)20)14-9-17-18(21-10-14)22(2)19(25)23(17)11-15(24)6-7-26-3/h4-5,8-10,15,24H,6-7,11H2,1-3H3/t15-/m1/s1. The number of aliphatic hydroxyl groups excluding tert-OH is 1. The summed E-state index contributed by atoms with van der Waals surface area (Å²) >= 11 is 0. The second kappa shape index (κ2) is 7.39. The third kappa shape index (κ3) is 3.40. The Kier molecular flexibility index (Phi) is 5.20. The van der Waals surface area contributed by atoms with E-state index in [-0.39, 0.29) is 18.1 Å². The summed E-state index contributed by atoms with van der Waals surface area (Å²) in [7, 11) is 3.22. The average molecular weight is 359 g/mol. The van der Waals surface area contributed by atoms with Crippen LogP contribution in [0.25, 0.3) is 22.3 Å². The van der Waals surface area contributed by atoms with Gasteiger partial charge >= 0.3 is 5.69 Å². The molecule has 1 atom stereocenters. The van der Waals surface area contributed by atoms with Gasteiger partial charge in [0.2, 0.25) is 0 Å². The van der Waals surface area contributed by atoms with Gasteiger partial charge in [0.25, 0.3) is 0 Å². The number of nitrogens with zero attached hydrogens (tertiary/aromatic N) is 3. The van der Waals surface area contributed by atoms with Crippen molar-refractivity contribution in [2.75, 3.05) is 13.7 Å². The zero-order valence-corrected chi connectivity index (χ0v) is 15.1. The van der Waals surface area contributed by atoms with Gasteiger partial charge in [-0.2, -0.15) is 0 Å². The maximum atomic E-state index is 13.5. The van der Waals surface area contributed by atoms with Crippen LogP contribution in [0.2, 0.25) is 0 Å². The Morgan fingerprint density at radius 1 is 1.31 bits per heavy atom. The lowest BCUT2D eigenvalue weighted by atomic mass is 10.0. The molecule has 0 spiro atoms. The van der Waals surface area contributed by atoms with Gasteiger partial charge in [0.15, 0.2) is 5.65 Å². The van der Waals surface area contributed by atoms with Crippen LogP contribution in [0.5, 0.6) is 0 Å². The van der Waals surface area contributed by atoms with E-state index in [1.807, 2.05) is 6.07 Å². The third-order valence-electron chi connectivity index (χ3n) is 4.51. The summed E-state index contributed by atoms with van der Waals surface area (Å²) in [6.45, 7) is 2.28. The van der Waals surface area contributed by atoms with Gasteiger partial charge in [-0.05, 0) is 42.7 Å². The summed E-state index contributed by atoms with van der Waals surface area (Å²) in [6, 6.07) is 6.70. The predicted octanol–water partition coefficient (Wildman–Crippen LogP) is 2.25. The number of hydrogen-bond donors (Lipinski definition) is 1. The van der Waals surface area contributed by atoms with E-state index in [4.69, 9.17) is 4.74 Å². The normalized spacial score (nSPS) is 12.7. The molecule has 6 nitrogen and oxygen atoms in total. The number of benzene rings is 1. The number of halogens is 1. The first-order valence-electron chi connectivity index (χ1n) is 8.41. The first kappa shape index (κ1) is 18.3. The van der Waals surface area contributed by atoms with Gasteiger partial charge in [0, 0.05) is 32.5 Å². The molecule has 2 aromatic heterocycles. The first-order chi connectivity index (χ1) is 12.4. The molecule has 0 saturated carbocycles. The first-order valence-corrected chi connectivity index (χ1v) is 8.41. The number of methoxy groups -OCH3 is 1. The lowest BCUT2D eigenvalue weighted by Gasteiger charge is -2.11. The maximum absolute atomic E-state index is 13.5. The summed E-state index contributed by atoms with van der Waals surface area (Å²) in [5, 5.41) is 10.2. The number of aromatic nitrogens is 3. The van der Waals surface area contributed by atoms with E-state index in [1.54, 1.807) is 39.4 Å². The van der Waals surface area contributed by atoms with Gasteiger partial charge in [0.1, 0.15) is 5.82 Å². The number of pyridine rings is 1. The molecule has 0 saturated heterocycles. The molecule has 7 heteroatoms. The molecule has 1 aromatic carbocycles. The van der Waals surface area contributed by atoms with Crippen molar-refractivity contribution in [3.05, 3.63) is 52.3 Å². The number of rotatable bonds is 6. The molecule has 0 unspecified atom stereocenters. The molecule has 2 heterocycles. The van der Waals surface area contributed by atoms with E-state index >= 15 is 0 Å². The van der Waals surface area contributed by atoms with E-state index in [9.17, 15) is 14.3 Å². The Bertz CT molecular complexity index is 994. The van der Waals surface area contributed by atoms with Crippen molar-refractivity contribution in [2.24, 2.45) is 7.05 Å². The molecule has 3 aromatic rings. The third-order valence-corrected chi connectivity index (χ3v) is 4.51. The Hall–Kier alpha value is -2.51. The van der Waals surface area contributed by atoms with Gasteiger partial charge in [-0.1, -0.05) is 6.07 Å². The molecule has 0 aliphatic carbocycles. The Morgan fingerprint density at radius 3 is 2.77 bits per heavy atom. The minimum Gasteiger partial charge on any atom is -0.391 e. The number of ether oxygens (including phenoxy) is 1. The zero-order valence-electron chi connectivity index (χ0n) is 15.1. The van der Waals surface area contributed by atoms with Gasteiger partial charge in [-0.3, -0.25) is 9.13 Å². The van der Waals surface area contributed by atoms with Crippen LogP contribution in [0.1, 0.15) is 12.0 Å². The van der Waals surface area contributed by atoms with Crippen LogP contribution >= 0.6 is 0 Å². The van der Waals surface area contributed by atoms with Crippen molar-refractivity contribution in [1.82, 2.24) is 14.1 Å². The van der Waals surface area contributed by atoms with Crippen molar-refractivity contribution in [1.29, 1.82) is 0 Å². The summed E-state index contributed by atoms with van der Waals surface area (Å²) in [5.41, 5.74) is 3.08. The van der Waals surface area contributed by atoms with Crippen LogP contribution in [0.4, 0.5) is 4.39 Å². The molecule has 0 fully saturated rings. The molecule has 1 N–H and O–H groups in total. The fourth-order valence-electron chi connectivity index (χ4n) is 2.99. The van der Waals surface area contributed by atoms with E-state index in [0.717, 1.165) is 11.1 Å². The average Bonchev–Trinajstić information content (AvgIpc) is 2.86. The topological polar surface area (TPSA) is 69.3 Å². The molecule has 138 valence electrons. The summed E-state index contributed by atoms with van der Waals surface area (Å²) in [6.07, 6.45) is 1.40. The number of imidazole rings is 1. The Labute approximate surface area is 150 Å². The highest BCUT2D eigenvalue weighted by Gasteiger charge is 2.16. The van der Waals surface area contributed by atoms with E-state index < -0.39 is 6.10 Å². The second-order valence-electron chi connectivity index (χ2n) is 6.42. The molecule has 0 radical (unpaired) electrons. The Balaban J connectivity index is 2.06. The number of hydrogen-bond acceptors (Lipinski definition) is 4. The van der Waals surface area contributed by atoms with E-state index in [1.165, 1.54) is 15.2 Å². The largest absolute Gasteiger partial charge is 0.391 e. The number of aliphatic hydroxyl groups is 1. The second-order valence-corrected chi connectivity index (χ2v) is 6.42. The quantitative estimate of drug-likeness (QED) is 0.733. The molecule has 0 bridgehead atoms. The van der Waals surface area contributed by atoms with Crippen molar-refractivity contribution in [3.63, 3.8) is 0 Å². The van der Waals surface area contributed by atoms with Crippen molar-refractivity contribution in [2.45, 2.75) is 26.0 Å². The minimum atomic E-state index is -0.699. The van der Waals surface area contributed by atoms with Gasteiger partial charge in [0.05, 0.1) is 18.2 Å². The lowest BCUT2D eigenvalue weighted by molar-refractivity contribution is 0.0978. The van der Waals surface area contributed by atoms with Crippen molar-refractivity contribution in [3.8, 4) is 11.1 Å². The predicted molar refractivity (Wildman–Crippen MR) is 97.6 cm³/mol. The fourth-order valence-corrected chi connectivity index (χ4v) is 2.99. The molecule has 0 amide bonds. The van der Waals surface area contributed by atoms with Crippen LogP contribution in [0.3, 0.4) is 0 Å². The lowest BCUT2D eigenvalue weighted by Crippen LogP contribution is -2.28. The molecular formula is C19H22FN3O3. The summed E-state index contributed by atoms with van der Waals surface area (Å²) < 4.78 is 21.5. The highest BCUT2D eigenvalue weighted by molar-refractivity contribution is 5.79. The van der Waals surface area contributed by atoms with Crippen molar-refractivity contribution < 1.29 is 14.2 Å². The van der Waals surface area contributed by atoms with Crippen LogP contribution < -0.4 is 5.69 Å². The monoisotopic (exact) mass is 359 g/mol. The zero-order chi connectivity index (χ0) is 18.8. The minimum absolute atomic E-state index is 0.160. The fraction of sp³-hybridized carbons (Fsp3) is 0.368. The molecule has 0 aliphatic heterocycles. The van der Waals surface area contributed by atoms with Crippen LogP contribution in [0, 0.1) is 12.7 Å². The highest BCUT2D eigenvalue weighted by Crippen LogP contribution is 2.24. The van der Waals surface area contributed by atoms with Gasteiger partial charge in [-0.25, -0.2) is 14.2 Å². The molecule has 3 rings (SSSR count). The molecule has 0 aliphatic rings. The van der Waals surface area contributed by atoms with Gasteiger partial charge < -0.3 is 9.84 Å². The summed E-state index contributed by atoms with van der Waals surface area (Å²) in [5.74, 6) is -0.263. The smallest absolute Gasteiger partial charge is 0.330 e. The molecular weight excluding hydrogens is 337 g/mol. The van der Waals surface area contributed by atoms with E-state index in [0.29, 0.717) is 29.8 Å².